The summed E-state index contributed by atoms with van der Waals surface area (Å²) < 4.78 is 4.83. The highest BCUT2D eigenvalue weighted by Crippen LogP contribution is 2.19. The lowest BCUT2D eigenvalue weighted by molar-refractivity contribution is -0.384. The number of ether oxygens (including phenoxy) is 1. The number of fused-ring (bicyclic) bond motifs is 1. The summed E-state index contributed by atoms with van der Waals surface area (Å²) in [6, 6.07) is 7.38. The molecular formula is C12H10N2O4. The molecule has 0 atom stereocenters. The van der Waals surface area contributed by atoms with Crippen LogP contribution in [-0.4, -0.2) is 22.5 Å². The van der Waals surface area contributed by atoms with Gasteiger partial charge in [-0.1, -0.05) is 6.07 Å². The first-order valence-corrected chi connectivity index (χ1v) is 5.34. The molecule has 0 unspecified atom stereocenters. The lowest BCUT2D eigenvalue weighted by Crippen LogP contribution is -2.06. The summed E-state index contributed by atoms with van der Waals surface area (Å²) in [6.45, 7) is 1.99. The Kier molecular flexibility index (Phi) is 3.18. The van der Waals surface area contributed by atoms with Crippen molar-refractivity contribution in [2.24, 2.45) is 0 Å². The summed E-state index contributed by atoms with van der Waals surface area (Å²) in [4.78, 5) is 25.7. The van der Waals surface area contributed by atoms with Crippen molar-refractivity contribution in [3.63, 3.8) is 0 Å². The SMILES string of the molecule is CCOC(=O)c1ccc2cc([N+](=O)[O-])ccc2n1. The third-order valence-corrected chi connectivity index (χ3v) is 2.37. The first kappa shape index (κ1) is 12.0. The normalized spacial score (nSPS) is 10.3. The Hall–Kier alpha value is -2.50. The molecule has 0 bridgehead atoms. The fourth-order valence-corrected chi connectivity index (χ4v) is 1.55. The largest absolute Gasteiger partial charge is 0.461 e. The summed E-state index contributed by atoms with van der Waals surface area (Å²) >= 11 is 0. The number of carbonyl (C=O) groups is 1. The molecule has 0 radical (unpaired) electrons. The molecule has 2 aromatic rings. The fourth-order valence-electron chi connectivity index (χ4n) is 1.55. The molecule has 6 heteroatoms. The minimum Gasteiger partial charge on any atom is -0.461 e. The van der Waals surface area contributed by atoms with Crippen LogP contribution >= 0.6 is 0 Å². The Morgan fingerprint density at radius 1 is 1.39 bits per heavy atom. The van der Waals surface area contributed by atoms with Crippen molar-refractivity contribution in [2.45, 2.75) is 6.92 Å². The predicted octanol–water partition coefficient (Wildman–Crippen LogP) is 2.32. The summed E-state index contributed by atoms with van der Waals surface area (Å²) in [7, 11) is 0. The van der Waals surface area contributed by atoms with Gasteiger partial charge in [-0.05, 0) is 19.1 Å². The maximum atomic E-state index is 11.5. The summed E-state index contributed by atoms with van der Waals surface area (Å²) in [5.41, 5.74) is 0.706. The Morgan fingerprint density at radius 3 is 2.83 bits per heavy atom. The van der Waals surface area contributed by atoms with E-state index < -0.39 is 10.9 Å². The zero-order valence-electron chi connectivity index (χ0n) is 9.62. The molecule has 1 heterocycles. The molecule has 6 nitrogen and oxygen atoms in total. The number of esters is 1. The van der Waals surface area contributed by atoms with Crippen molar-refractivity contribution in [3.05, 3.63) is 46.1 Å². The van der Waals surface area contributed by atoms with E-state index in [1.807, 2.05) is 0 Å². The van der Waals surface area contributed by atoms with Crippen molar-refractivity contribution < 1.29 is 14.5 Å². The number of hydrogen-bond donors (Lipinski definition) is 0. The van der Waals surface area contributed by atoms with Gasteiger partial charge in [0.1, 0.15) is 5.69 Å². The first-order chi connectivity index (χ1) is 8.61. The van der Waals surface area contributed by atoms with Gasteiger partial charge in [-0.3, -0.25) is 10.1 Å². The van der Waals surface area contributed by atoms with Crippen LogP contribution in [0.25, 0.3) is 10.9 Å². The number of nitro benzene ring substituents is 1. The Labute approximate surface area is 102 Å². The van der Waals surface area contributed by atoms with E-state index >= 15 is 0 Å². The molecule has 0 aliphatic carbocycles. The Bertz CT molecular complexity index is 625. The molecule has 0 aliphatic heterocycles. The van der Waals surface area contributed by atoms with E-state index in [1.54, 1.807) is 13.0 Å². The van der Waals surface area contributed by atoms with E-state index in [4.69, 9.17) is 4.74 Å². The second-order valence-electron chi connectivity index (χ2n) is 3.55. The number of aromatic nitrogens is 1. The lowest BCUT2D eigenvalue weighted by Gasteiger charge is -2.02. The second kappa shape index (κ2) is 4.79. The van der Waals surface area contributed by atoms with Gasteiger partial charge >= 0.3 is 5.97 Å². The molecule has 0 fully saturated rings. The molecule has 0 saturated carbocycles. The molecule has 0 N–H and O–H groups in total. The van der Waals surface area contributed by atoms with Gasteiger partial charge in [0, 0.05) is 17.5 Å². The van der Waals surface area contributed by atoms with E-state index in [0.717, 1.165) is 0 Å². The van der Waals surface area contributed by atoms with E-state index in [0.29, 0.717) is 10.9 Å². The summed E-state index contributed by atoms with van der Waals surface area (Å²) in [5, 5.41) is 11.2. The maximum absolute atomic E-state index is 11.5. The molecule has 0 spiro atoms. The molecule has 0 aliphatic rings. The van der Waals surface area contributed by atoms with Crippen LogP contribution in [0.3, 0.4) is 0 Å². The quantitative estimate of drug-likeness (QED) is 0.471. The van der Waals surface area contributed by atoms with Gasteiger partial charge in [-0.2, -0.15) is 0 Å². The minimum atomic E-state index is -0.502. The zero-order chi connectivity index (χ0) is 13.1. The van der Waals surface area contributed by atoms with Gasteiger partial charge in [0.25, 0.3) is 5.69 Å². The highest BCUT2D eigenvalue weighted by atomic mass is 16.6. The van der Waals surface area contributed by atoms with Gasteiger partial charge in [-0.25, -0.2) is 9.78 Å². The monoisotopic (exact) mass is 246 g/mol. The molecule has 92 valence electrons. The predicted molar refractivity (Wildman–Crippen MR) is 64.4 cm³/mol. The first-order valence-electron chi connectivity index (χ1n) is 5.34. The van der Waals surface area contributed by atoms with Crippen LogP contribution < -0.4 is 0 Å². The zero-order valence-corrected chi connectivity index (χ0v) is 9.62. The summed E-state index contributed by atoms with van der Waals surface area (Å²) in [6.07, 6.45) is 0. The van der Waals surface area contributed by atoms with Crippen molar-refractivity contribution >= 4 is 22.6 Å². The van der Waals surface area contributed by atoms with Crippen LogP contribution in [0, 0.1) is 10.1 Å². The van der Waals surface area contributed by atoms with Crippen LogP contribution in [0.5, 0.6) is 0 Å². The molecule has 2 rings (SSSR count). The highest BCUT2D eigenvalue weighted by molar-refractivity contribution is 5.91. The third-order valence-electron chi connectivity index (χ3n) is 2.37. The lowest BCUT2D eigenvalue weighted by atomic mass is 10.2. The van der Waals surface area contributed by atoms with Crippen LogP contribution in [0.4, 0.5) is 5.69 Å². The van der Waals surface area contributed by atoms with E-state index in [1.165, 1.54) is 24.3 Å². The highest BCUT2D eigenvalue weighted by Gasteiger charge is 2.11. The molecular weight excluding hydrogens is 236 g/mol. The van der Waals surface area contributed by atoms with Crippen molar-refractivity contribution in [1.82, 2.24) is 4.98 Å². The third kappa shape index (κ3) is 2.27. The standard InChI is InChI=1S/C12H10N2O4/c1-2-18-12(15)11-5-3-8-7-9(14(16)17)4-6-10(8)13-11/h3-7H,2H2,1H3. The number of non-ortho nitro benzene ring substituents is 1. The fraction of sp³-hybridized carbons (Fsp3) is 0.167. The topological polar surface area (TPSA) is 82.3 Å². The van der Waals surface area contributed by atoms with Gasteiger partial charge < -0.3 is 4.74 Å². The number of carbonyl (C=O) groups excluding carboxylic acids is 1. The number of hydrogen-bond acceptors (Lipinski definition) is 5. The Morgan fingerprint density at radius 2 is 2.17 bits per heavy atom. The van der Waals surface area contributed by atoms with Crippen molar-refractivity contribution in [1.29, 1.82) is 0 Å². The van der Waals surface area contributed by atoms with Crippen LogP contribution in [0.1, 0.15) is 17.4 Å². The maximum Gasteiger partial charge on any atom is 0.356 e. The Balaban J connectivity index is 2.44. The average molecular weight is 246 g/mol. The van der Waals surface area contributed by atoms with E-state index in [9.17, 15) is 14.9 Å². The van der Waals surface area contributed by atoms with Gasteiger partial charge in [0.2, 0.25) is 0 Å². The number of benzene rings is 1. The van der Waals surface area contributed by atoms with Gasteiger partial charge in [-0.15, -0.1) is 0 Å². The molecule has 18 heavy (non-hydrogen) atoms. The number of rotatable bonds is 3. The van der Waals surface area contributed by atoms with Gasteiger partial charge in [0.15, 0.2) is 0 Å². The smallest absolute Gasteiger partial charge is 0.356 e. The second-order valence-corrected chi connectivity index (χ2v) is 3.55. The van der Waals surface area contributed by atoms with Crippen LogP contribution in [-0.2, 0) is 4.74 Å². The van der Waals surface area contributed by atoms with E-state index in [2.05, 4.69) is 4.98 Å². The molecule has 1 aromatic carbocycles. The van der Waals surface area contributed by atoms with Crippen LogP contribution in [0.15, 0.2) is 30.3 Å². The summed E-state index contributed by atoms with van der Waals surface area (Å²) in [5.74, 6) is -0.502. The van der Waals surface area contributed by atoms with E-state index in [-0.39, 0.29) is 18.0 Å². The van der Waals surface area contributed by atoms with Crippen molar-refractivity contribution in [3.8, 4) is 0 Å². The minimum absolute atomic E-state index is 0.00631. The molecule has 0 amide bonds. The number of nitro groups is 1. The molecule has 0 saturated heterocycles. The van der Waals surface area contributed by atoms with Gasteiger partial charge in [0.05, 0.1) is 17.0 Å². The number of nitrogens with zero attached hydrogens (tertiary/aromatic N) is 2. The molecule has 1 aromatic heterocycles. The number of pyridine rings is 1. The van der Waals surface area contributed by atoms with Crippen molar-refractivity contribution in [2.75, 3.05) is 6.61 Å². The van der Waals surface area contributed by atoms with Crippen LogP contribution in [0.2, 0.25) is 0 Å². The average Bonchev–Trinajstić information content (AvgIpc) is 2.37.